The zero-order valence-corrected chi connectivity index (χ0v) is 18.4. The molecule has 1 aliphatic rings. The lowest BCUT2D eigenvalue weighted by Gasteiger charge is -2.38. The van der Waals surface area contributed by atoms with Gasteiger partial charge < -0.3 is 9.47 Å². The van der Waals surface area contributed by atoms with Crippen molar-refractivity contribution in [3.8, 4) is 11.5 Å². The van der Waals surface area contributed by atoms with Crippen molar-refractivity contribution in [3.63, 3.8) is 0 Å². The summed E-state index contributed by atoms with van der Waals surface area (Å²) in [6.45, 7) is 1.57. The number of sulfonamides is 1. The Labute approximate surface area is 174 Å². The topological polar surface area (TPSA) is 59.1 Å². The summed E-state index contributed by atoms with van der Waals surface area (Å²) in [5.74, 6) is 1.60. The fraction of sp³-hybridized carbons (Fsp3) is 0.455. The van der Waals surface area contributed by atoms with E-state index in [4.69, 9.17) is 9.47 Å². The van der Waals surface area contributed by atoms with E-state index < -0.39 is 10.0 Å². The lowest BCUT2D eigenvalue weighted by molar-refractivity contribution is 0.213. The van der Waals surface area contributed by atoms with Crippen molar-refractivity contribution >= 4 is 10.0 Å². The number of hydrogen-bond acceptors (Lipinski definition) is 5. The van der Waals surface area contributed by atoms with Gasteiger partial charge in [0.05, 0.1) is 26.0 Å². The minimum atomic E-state index is -3.19. The molecule has 0 N–H and O–H groups in total. The minimum absolute atomic E-state index is 0.0572. The second kappa shape index (κ2) is 9.15. The first-order valence-electron chi connectivity index (χ1n) is 9.81. The largest absolute Gasteiger partial charge is 0.493 e. The first kappa shape index (κ1) is 21.6. The summed E-state index contributed by atoms with van der Waals surface area (Å²) in [6.07, 6.45) is 1.48. The van der Waals surface area contributed by atoms with E-state index in [-0.39, 0.29) is 11.8 Å². The van der Waals surface area contributed by atoms with Gasteiger partial charge in [-0.2, -0.15) is 0 Å². The van der Waals surface area contributed by atoms with Crippen LogP contribution in [0.25, 0.3) is 0 Å². The highest BCUT2D eigenvalue weighted by Gasteiger charge is 2.30. The second-order valence-electron chi connectivity index (χ2n) is 7.46. The van der Waals surface area contributed by atoms with Gasteiger partial charge in [0.2, 0.25) is 10.0 Å². The molecule has 0 aliphatic carbocycles. The summed E-state index contributed by atoms with van der Waals surface area (Å²) in [7, 11) is 3.27. The first-order valence-corrected chi connectivity index (χ1v) is 11.4. The number of fused-ring (bicyclic) bond motifs is 1. The zero-order chi connectivity index (χ0) is 21.0. The summed E-state index contributed by atoms with van der Waals surface area (Å²) < 4.78 is 36.6. The fourth-order valence-electron chi connectivity index (χ4n) is 3.90. The lowest BCUT2D eigenvalue weighted by atomic mass is 9.87. The highest BCUT2D eigenvalue weighted by Crippen LogP contribution is 2.40. The van der Waals surface area contributed by atoms with E-state index in [0.717, 1.165) is 18.7 Å². The monoisotopic (exact) mass is 418 g/mol. The summed E-state index contributed by atoms with van der Waals surface area (Å²) >= 11 is 0. The van der Waals surface area contributed by atoms with Crippen LogP contribution in [0.1, 0.15) is 29.2 Å². The fourth-order valence-corrected chi connectivity index (χ4v) is 4.76. The highest BCUT2D eigenvalue weighted by atomic mass is 32.2. The summed E-state index contributed by atoms with van der Waals surface area (Å²) in [5.41, 5.74) is 3.63. The Morgan fingerprint density at radius 2 is 1.72 bits per heavy atom. The maximum atomic E-state index is 12.2. The molecule has 6 nitrogen and oxygen atoms in total. The number of hydrogen-bond donors (Lipinski definition) is 0. The number of benzene rings is 2. The van der Waals surface area contributed by atoms with E-state index in [9.17, 15) is 8.42 Å². The number of ether oxygens (including phenoxy) is 2. The number of rotatable bonds is 8. The van der Waals surface area contributed by atoms with Crippen LogP contribution in [0.3, 0.4) is 0 Å². The normalized spacial score (nSPS) is 17.2. The Morgan fingerprint density at radius 3 is 2.34 bits per heavy atom. The molecule has 0 fully saturated rings. The van der Waals surface area contributed by atoms with Gasteiger partial charge in [-0.05, 0) is 41.7 Å². The molecule has 3 rings (SSSR count). The average Bonchev–Trinajstić information content (AvgIpc) is 2.72. The molecule has 29 heavy (non-hydrogen) atoms. The van der Waals surface area contributed by atoms with Gasteiger partial charge in [-0.1, -0.05) is 30.3 Å². The standard InChI is InChI=1S/C22H30N2O4S/c1-23(2)29(25,26)14-8-12-24-13-11-18-15-20(27-3)21(28-4)16-19(18)22(24)17-9-6-5-7-10-17/h5-7,9-10,15-16,22H,8,11-14H2,1-4H3. The molecule has 1 atom stereocenters. The van der Waals surface area contributed by atoms with Crippen molar-refractivity contribution in [1.82, 2.24) is 9.21 Å². The summed E-state index contributed by atoms with van der Waals surface area (Å²) in [5, 5.41) is 0. The smallest absolute Gasteiger partial charge is 0.213 e. The third kappa shape index (κ3) is 4.74. The van der Waals surface area contributed by atoms with Crippen molar-refractivity contribution in [3.05, 3.63) is 59.2 Å². The van der Waals surface area contributed by atoms with Crippen LogP contribution >= 0.6 is 0 Å². The SMILES string of the molecule is COc1cc2c(cc1OC)C(c1ccccc1)N(CCCS(=O)(=O)N(C)C)CC2. The molecule has 0 saturated carbocycles. The maximum Gasteiger partial charge on any atom is 0.213 e. The summed E-state index contributed by atoms with van der Waals surface area (Å²) in [6, 6.07) is 14.5. The molecule has 0 amide bonds. The van der Waals surface area contributed by atoms with Crippen LogP contribution in [0.5, 0.6) is 11.5 Å². The van der Waals surface area contributed by atoms with E-state index in [1.165, 1.54) is 21.0 Å². The van der Waals surface area contributed by atoms with Crippen LogP contribution in [-0.4, -0.2) is 64.8 Å². The molecule has 158 valence electrons. The predicted molar refractivity (Wildman–Crippen MR) is 115 cm³/mol. The molecular formula is C22H30N2O4S. The third-order valence-electron chi connectivity index (χ3n) is 5.49. The predicted octanol–water partition coefficient (Wildman–Crippen LogP) is 2.93. The Balaban J connectivity index is 1.92. The van der Waals surface area contributed by atoms with Gasteiger partial charge in [0.25, 0.3) is 0 Å². The Kier molecular flexibility index (Phi) is 6.82. The molecule has 0 saturated heterocycles. The highest BCUT2D eigenvalue weighted by molar-refractivity contribution is 7.89. The quantitative estimate of drug-likeness (QED) is 0.660. The molecule has 1 aliphatic heterocycles. The number of methoxy groups -OCH3 is 2. The molecule has 2 aromatic carbocycles. The molecule has 0 radical (unpaired) electrons. The number of nitrogens with zero attached hydrogens (tertiary/aromatic N) is 2. The molecule has 2 aromatic rings. The zero-order valence-electron chi connectivity index (χ0n) is 17.6. The molecule has 1 unspecified atom stereocenters. The van der Waals surface area contributed by atoms with Gasteiger partial charge in [0.15, 0.2) is 11.5 Å². The maximum absolute atomic E-state index is 12.2. The van der Waals surface area contributed by atoms with Crippen LogP contribution in [0.2, 0.25) is 0 Å². The van der Waals surface area contributed by atoms with E-state index >= 15 is 0 Å². The lowest BCUT2D eigenvalue weighted by Crippen LogP contribution is -2.38. The second-order valence-corrected chi connectivity index (χ2v) is 9.76. The van der Waals surface area contributed by atoms with Crippen molar-refractivity contribution in [2.75, 3.05) is 47.2 Å². The van der Waals surface area contributed by atoms with Crippen molar-refractivity contribution in [2.24, 2.45) is 0 Å². The van der Waals surface area contributed by atoms with E-state index in [0.29, 0.717) is 18.7 Å². The van der Waals surface area contributed by atoms with Crippen LogP contribution in [0, 0.1) is 0 Å². The van der Waals surface area contributed by atoms with Crippen molar-refractivity contribution < 1.29 is 17.9 Å². The summed E-state index contributed by atoms with van der Waals surface area (Å²) in [4.78, 5) is 2.37. The van der Waals surface area contributed by atoms with E-state index in [2.05, 4.69) is 29.2 Å². The minimum Gasteiger partial charge on any atom is -0.493 e. The average molecular weight is 419 g/mol. The first-order chi connectivity index (χ1) is 13.9. The Morgan fingerprint density at radius 1 is 1.07 bits per heavy atom. The Hall–Kier alpha value is -2.09. The van der Waals surface area contributed by atoms with Gasteiger partial charge in [-0.15, -0.1) is 0 Å². The van der Waals surface area contributed by atoms with Gasteiger partial charge in [-0.3, -0.25) is 4.90 Å². The Bertz CT molecular complexity index is 929. The molecule has 0 aromatic heterocycles. The molecule has 0 bridgehead atoms. The van der Waals surface area contributed by atoms with Gasteiger partial charge in [0.1, 0.15) is 0 Å². The van der Waals surface area contributed by atoms with Gasteiger partial charge in [0, 0.05) is 27.2 Å². The van der Waals surface area contributed by atoms with Gasteiger partial charge >= 0.3 is 0 Å². The molecule has 0 spiro atoms. The third-order valence-corrected chi connectivity index (χ3v) is 7.41. The molecule has 1 heterocycles. The molecule has 7 heteroatoms. The van der Waals surface area contributed by atoms with Gasteiger partial charge in [-0.25, -0.2) is 12.7 Å². The van der Waals surface area contributed by atoms with Crippen molar-refractivity contribution in [2.45, 2.75) is 18.9 Å². The van der Waals surface area contributed by atoms with Crippen LogP contribution in [-0.2, 0) is 16.4 Å². The molecular weight excluding hydrogens is 388 g/mol. The van der Waals surface area contributed by atoms with E-state index in [1.807, 2.05) is 18.2 Å². The van der Waals surface area contributed by atoms with Crippen LogP contribution in [0.4, 0.5) is 0 Å². The van der Waals surface area contributed by atoms with Crippen LogP contribution in [0.15, 0.2) is 42.5 Å². The van der Waals surface area contributed by atoms with Crippen molar-refractivity contribution in [1.29, 1.82) is 0 Å². The van der Waals surface area contributed by atoms with Crippen LogP contribution < -0.4 is 9.47 Å². The van der Waals surface area contributed by atoms with E-state index in [1.54, 1.807) is 28.3 Å².